The minimum Gasteiger partial charge on any atom is -0.508 e. The summed E-state index contributed by atoms with van der Waals surface area (Å²) in [6.45, 7) is 11.3. The Labute approximate surface area is 824 Å². The standard InChI is InChI=1S/C98H140N20O22S/c1-13-14-15-16-17-18-25-36-79(123)101-41-42-102-88(130)76(111-86(128)58(4)99-9)54-141-55-81(125)107-73(47-66-50-103-71-35-27-26-34-70(66)71)91(133)113-84(61(7)120)93(135)104-52-80(124)108-75(49-82(126)127)96(138)117(12)78(46-64-31-23-20-24-32-64)97(139)116(11)77(45-63-29-21-19-22-30-63)92(134)106-59(5)95(137)115(10)60(6)87(129)109-74(48-67-51-100-56-105-67)89(131)110-72(44-65-37-39-69(122)40-38-65)90(132)114-85(62(8)121)94(136)112-83(57(2)3)98(140)118-43-28-33-68(118)53-119/h19-24,26-27,29-32,34-35,37-40,50-51,56-62,68,72-78,83-85,99,103,119-122H,13-18,25,28,33,36,41-49,52-55H2,1-12H3,(H,100,105)(H,101,123)(H,102,130)(H,104,135)(H,106,134)(H,107,125)(H,108,124)(H,109,129)(H,110,131)(H,111,128)(H,112,136)(H,113,133)(H,114,132)(H,126,127)/t58-,59?,60-,61+,62+,68-,72-,73-,74-,75-,76-,77-,78-,83-,84-,85-/m0/s1. The first kappa shape index (κ1) is 115. The minimum absolute atomic E-state index is 0.0382. The Morgan fingerprint density at radius 2 is 1.04 bits per heavy atom. The number of likely N-dealkylation sites (N-methyl/N-ethyl adjacent to an activating group) is 4. The number of hydrogen-bond donors (Lipinski definition) is 20. The fourth-order valence-corrected chi connectivity index (χ4v) is 16.8. The highest BCUT2D eigenvalue weighted by Crippen LogP contribution is 2.25. The lowest BCUT2D eigenvalue weighted by Gasteiger charge is -2.36. The number of carboxylic acid groups (broad SMARTS) is 1. The molecule has 7 rings (SSSR count). The van der Waals surface area contributed by atoms with Crippen molar-refractivity contribution in [3.63, 3.8) is 0 Å². The molecule has 0 spiro atoms. The van der Waals surface area contributed by atoms with E-state index >= 15 is 14.4 Å². The number of hydrogen-bond acceptors (Lipinski definition) is 24. The van der Waals surface area contributed by atoms with Gasteiger partial charge in [0.05, 0.1) is 55.9 Å². The summed E-state index contributed by atoms with van der Waals surface area (Å²) in [5, 5.41) is 87.3. The number of benzene rings is 4. The Morgan fingerprint density at radius 1 is 0.496 bits per heavy atom. The van der Waals surface area contributed by atoms with Crippen LogP contribution in [0.5, 0.6) is 5.75 Å². The Hall–Kier alpha value is -13.4. The number of aromatic hydroxyl groups is 1. The van der Waals surface area contributed by atoms with Crippen LogP contribution in [0.4, 0.5) is 0 Å². The summed E-state index contributed by atoms with van der Waals surface area (Å²) in [4.78, 5) is 255. The highest BCUT2D eigenvalue weighted by Gasteiger charge is 2.43. The Morgan fingerprint density at radius 3 is 1.65 bits per heavy atom. The van der Waals surface area contributed by atoms with Crippen molar-refractivity contribution in [3.05, 3.63) is 156 Å². The number of nitrogens with one attached hydrogen (secondary N) is 15. The van der Waals surface area contributed by atoms with E-state index < -0.39 is 210 Å². The van der Waals surface area contributed by atoms with Crippen molar-refractivity contribution in [2.75, 3.05) is 72.5 Å². The minimum atomic E-state index is -1.97. The normalized spacial score (nSPS) is 15.5. The number of phenolic OH excluding ortho intramolecular Hbond substituents is 1. The van der Waals surface area contributed by atoms with Crippen molar-refractivity contribution in [1.82, 2.24) is 104 Å². The molecule has 141 heavy (non-hydrogen) atoms. The molecule has 6 aromatic rings. The van der Waals surface area contributed by atoms with Gasteiger partial charge in [0, 0.05) is 114 Å². The van der Waals surface area contributed by atoms with E-state index in [-0.39, 0.29) is 75.0 Å². The van der Waals surface area contributed by atoms with Gasteiger partial charge < -0.3 is 124 Å². The van der Waals surface area contributed by atoms with E-state index in [0.29, 0.717) is 64.7 Å². The summed E-state index contributed by atoms with van der Waals surface area (Å²) in [5.74, 6) is -16.1. The van der Waals surface area contributed by atoms with E-state index in [1.807, 2.05) is 0 Å². The number of carbonyl (C=O) groups excluding carboxylic acids is 16. The summed E-state index contributed by atoms with van der Waals surface area (Å²) in [7, 11) is 5.25. The first-order chi connectivity index (χ1) is 67.1. The molecule has 4 aromatic carbocycles. The molecule has 0 radical (unpaired) electrons. The van der Waals surface area contributed by atoms with Crippen LogP contribution in [0.3, 0.4) is 0 Å². The van der Waals surface area contributed by atoms with Crippen LogP contribution in [0.2, 0.25) is 0 Å². The van der Waals surface area contributed by atoms with Gasteiger partial charge in [-0.05, 0) is 107 Å². The number of unbranched alkanes of at least 4 members (excludes halogenated alkanes) is 6. The Kier molecular flexibility index (Phi) is 47.1. The van der Waals surface area contributed by atoms with E-state index in [2.05, 4.69) is 91.0 Å². The third-order valence-corrected chi connectivity index (χ3v) is 25.6. The highest BCUT2D eigenvalue weighted by molar-refractivity contribution is 8.00. The molecule has 20 N–H and O–H groups in total. The van der Waals surface area contributed by atoms with E-state index in [1.165, 1.54) is 90.0 Å². The van der Waals surface area contributed by atoms with Gasteiger partial charge in [0.25, 0.3) is 0 Å². The number of carboxylic acids is 1. The second kappa shape index (κ2) is 58.0. The summed E-state index contributed by atoms with van der Waals surface area (Å²) in [6.07, 6.45) is 7.45. The molecule has 43 heteroatoms. The van der Waals surface area contributed by atoms with Crippen molar-refractivity contribution in [1.29, 1.82) is 0 Å². The van der Waals surface area contributed by atoms with Gasteiger partial charge in [0.1, 0.15) is 78.3 Å². The van der Waals surface area contributed by atoms with Gasteiger partial charge in [0.2, 0.25) is 94.5 Å². The van der Waals surface area contributed by atoms with E-state index in [1.54, 1.807) is 119 Å². The van der Waals surface area contributed by atoms with Gasteiger partial charge >= 0.3 is 5.97 Å². The molecule has 3 heterocycles. The number of aromatic amines is 2. The lowest BCUT2D eigenvalue weighted by atomic mass is 9.99. The molecule has 2 aromatic heterocycles. The van der Waals surface area contributed by atoms with Crippen LogP contribution in [-0.2, 0) is 114 Å². The zero-order valence-corrected chi connectivity index (χ0v) is 82.8. The number of para-hydroxylation sites is 1. The number of aromatic nitrogens is 3. The third kappa shape index (κ3) is 36.3. The smallest absolute Gasteiger partial charge is 0.305 e. The number of carbonyl (C=O) groups is 17. The van der Waals surface area contributed by atoms with Crippen LogP contribution in [0.25, 0.3) is 10.9 Å². The van der Waals surface area contributed by atoms with E-state index in [9.17, 15) is 92.7 Å². The van der Waals surface area contributed by atoms with E-state index in [0.717, 1.165) is 71.9 Å². The lowest BCUT2D eigenvalue weighted by Crippen LogP contribution is -2.62. The van der Waals surface area contributed by atoms with Gasteiger partial charge in [-0.1, -0.05) is 150 Å². The molecule has 1 aliphatic heterocycles. The van der Waals surface area contributed by atoms with Crippen molar-refractivity contribution in [3.8, 4) is 5.75 Å². The number of thioether (sulfide) groups is 1. The SMILES string of the molecule is CCCCCCCCCC(=O)NCCNC(=O)[C@H](CSCC(=O)N[C@@H](Cc1c[nH]c2ccccc12)C(=O)N[C@H](C(=O)NCC(=O)N[C@@H](CC(=O)O)C(=O)N(C)[C@@H](Cc1ccccc1)C(=O)N(C)[C@@H](Cc1ccccc1)C(=O)NC(C)C(=O)N(C)[C@@H](C)C(=O)N[C@@H](Cc1cnc[nH]1)C(=O)N[C@@H](Cc1ccc(O)cc1)C(=O)N[C@H](C(=O)N[C@H](C(=O)N1CCC[C@H]1CO)C(C)C)[C@@H](C)O)[C@@H](C)O)NC(=O)[C@H](C)NC. The van der Waals surface area contributed by atoms with Gasteiger partial charge in [-0.2, -0.15) is 0 Å². The number of aliphatic carboxylic acids is 1. The summed E-state index contributed by atoms with van der Waals surface area (Å²) in [5.41, 5.74) is 2.92. The van der Waals surface area contributed by atoms with Crippen LogP contribution in [0.1, 0.15) is 154 Å². The molecular weight excluding hydrogens is 1840 g/mol. The number of amides is 16. The Balaban J connectivity index is 1.03. The highest BCUT2D eigenvalue weighted by atomic mass is 32.2. The molecule has 1 fully saturated rings. The van der Waals surface area contributed by atoms with Crippen LogP contribution >= 0.6 is 11.8 Å². The molecule has 0 aliphatic carbocycles. The number of phenols is 1. The largest absolute Gasteiger partial charge is 0.508 e. The predicted octanol–water partition coefficient (Wildman–Crippen LogP) is -0.300. The van der Waals surface area contributed by atoms with Crippen LogP contribution in [0.15, 0.2) is 128 Å². The fraction of sp³-hybridized carbons (Fsp3) is 0.531. The molecule has 770 valence electrons. The summed E-state index contributed by atoms with van der Waals surface area (Å²) >= 11 is 0.951. The number of nitrogens with zero attached hydrogens (tertiary/aromatic N) is 5. The van der Waals surface area contributed by atoms with Crippen LogP contribution < -0.4 is 69.1 Å². The zero-order valence-electron chi connectivity index (χ0n) is 82.0. The number of rotatable bonds is 59. The maximum Gasteiger partial charge on any atom is 0.305 e. The van der Waals surface area contributed by atoms with Crippen molar-refractivity contribution < 1.29 is 107 Å². The molecule has 1 saturated heterocycles. The average molecular weight is 1980 g/mol. The molecule has 1 aliphatic rings. The predicted molar refractivity (Wildman–Crippen MR) is 525 cm³/mol. The molecule has 16 amide bonds. The third-order valence-electron chi connectivity index (χ3n) is 24.6. The van der Waals surface area contributed by atoms with Gasteiger partial charge in [-0.25, -0.2) is 4.98 Å². The number of fused-ring (bicyclic) bond motifs is 1. The monoisotopic (exact) mass is 1980 g/mol. The first-order valence-electron chi connectivity index (χ1n) is 47.6. The lowest BCUT2D eigenvalue weighted by molar-refractivity contribution is -0.150. The molecule has 0 saturated carbocycles. The zero-order chi connectivity index (χ0) is 104. The van der Waals surface area contributed by atoms with Crippen LogP contribution in [0, 0.1) is 5.92 Å². The average Bonchev–Trinajstić information content (AvgIpc) is 1.66. The van der Waals surface area contributed by atoms with Gasteiger partial charge in [0.15, 0.2) is 0 Å². The van der Waals surface area contributed by atoms with Gasteiger partial charge in [-0.15, -0.1) is 11.8 Å². The molecule has 1 unspecified atom stereocenters. The first-order valence-corrected chi connectivity index (χ1v) is 48.8. The molecule has 16 atom stereocenters. The topological polar surface area (TPSA) is 605 Å². The molecule has 42 nitrogen and oxygen atoms in total. The van der Waals surface area contributed by atoms with Crippen LogP contribution in [-0.4, -0.2) is 330 Å². The number of aliphatic hydroxyl groups is 3. The van der Waals surface area contributed by atoms with Crippen molar-refractivity contribution in [2.45, 2.75) is 255 Å². The number of H-pyrrole nitrogens is 2. The number of likely N-dealkylation sites (tertiary alicyclic amines) is 1. The molecule has 0 bridgehead atoms. The van der Waals surface area contributed by atoms with Crippen molar-refractivity contribution in [2.24, 2.45) is 5.92 Å². The Bertz CT molecular complexity index is 5150. The summed E-state index contributed by atoms with van der Waals surface area (Å²) in [6, 6.07) is 9.67. The second-order valence-corrected chi connectivity index (χ2v) is 36.9. The van der Waals surface area contributed by atoms with Gasteiger partial charge in [-0.3, -0.25) is 81.5 Å². The fourth-order valence-electron chi connectivity index (χ4n) is 15.9. The van der Waals surface area contributed by atoms with Crippen molar-refractivity contribution >= 4 is 123 Å². The quantitative estimate of drug-likeness (QED) is 0.0218. The maximum atomic E-state index is 15.5. The molecular formula is C98H140N20O22S. The summed E-state index contributed by atoms with van der Waals surface area (Å²) < 4.78 is 0. The maximum absolute atomic E-state index is 15.5. The second-order valence-electron chi connectivity index (χ2n) is 35.9. The number of imidazole rings is 1. The van der Waals surface area contributed by atoms with E-state index in [4.69, 9.17) is 0 Å². The number of aliphatic hydroxyl groups excluding tert-OH is 3.